The van der Waals surface area contributed by atoms with Gasteiger partial charge in [0.2, 0.25) is 0 Å². The number of ether oxygens (including phenoxy) is 1. The molecule has 2 heterocycles. The lowest BCUT2D eigenvalue weighted by Crippen LogP contribution is -2.46. The van der Waals surface area contributed by atoms with Crippen molar-refractivity contribution in [1.82, 2.24) is 14.8 Å². The Balaban J connectivity index is 1.55. The monoisotopic (exact) mass is 364 g/mol. The van der Waals surface area contributed by atoms with Crippen LogP contribution in [0.2, 0.25) is 0 Å². The number of carbonyl (C=O) groups excluding carboxylic acids is 1. The minimum atomic E-state index is 0.0456. The lowest BCUT2D eigenvalue weighted by molar-refractivity contribution is 0.172. The van der Waals surface area contributed by atoms with Crippen LogP contribution in [0, 0.1) is 0 Å². The largest absolute Gasteiger partial charge is 0.497 e. The summed E-state index contributed by atoms with van der Waals surface area (Å²) in [6, 6.07) is 7.77. The Kier molecular flexibility index (Phi) is 5.60. The molecule has 24 heavy (non-hydrogen) atoms. The van der Waals surface area contributed by atoms with E-state index >= 15 is 0 Å². The molecule has 0 spiro atoms. The fraction of sp³-hybridized carbons (Fsp3) is 0.375. The van der Waals surface area contributed by atoms with Gasteiger partial charge in [-0.3, -0.25) is 9.52 Å². The third-order valence-electron chi connectivity index (χ3n) is 3.88. The summed E-state index contributed by atoms with van der Waals surface area (Å²) in [4.78, 5) is 20.8. The molecule has 0 radical (unpaired) electrons. The summed E-state index contributed by atoms with van der Waals surface area (Å²) in [5, 5.41) is 2.75. The van der Waals surface area contributed by atoms with Crippen LogP contribution < -0.4 is 9.46 Å². The van der Waals surface area contributed by atoms with Crippen molar-refractivity contribution in [1.29, 1.82) is 0 Å². The first kappa shape index (κ1) is 17.1. The van der Waals surface area contributed by atoms with Crippen molar-refractivity contribution < 1.29 is 9.53 Å². The number of aromatic nitrogens is 1. The normalized spacial score (nSPS) is 15.3. The number of benzene rings is 1. The van der Waals surface area contributed by atoms with Gasteiger partial charge in [0, 0.05) is 49.1 Å². The summed E-state index contributed by atoms with van der Waals surface area (Å²) in [5.41, 5.74) is 1.91. The number of hydrogen-bond acceptors (Lipinski definition) is 7. The van der Waals surface area contributed by atoms with Crippen LogP contribution in [0.3, 0.4) is 0 Å². The number of piperazine rings is 1. The van der Waals surface area contributed by atoms with E-state index < -0.39 is 0 Å². The zero-order valence-electron chi connectivity index (χ0n) is 13.7. The van der Waals surface area contributed by atoms with E-state index in [1.165, 1.54) is 11.3 Å². The highest BCUT2D eigenvalue weighted by atomic mass is 32.2. The predicted octanol–water partition coefficient (Wildman–Crippen LogP) is 3.25. The molecule has 1 aromatic carbocycles. The summed E-state index contributed by atoms with van der Waals surface area (Å²) in [6.45, 7) is 3.40. The number of thiazole rings is 1. The Morgan fingerprint density at radius 1 is 1.25 bits per heavy atom. The first-order chi connectivity index (χ1) is 11.7. The zero-order chi connectivity index (χ0) is 16.9. The quantitative estimate of drug-likeness (QED) is 0.841. The minimum absolute atomic E-state index is 0.0456. The first-order valence-corrected chi connectivity index (χ1v) is 9.35. The average molecular weight is 364 g/mol. The van der Waals surface area contributed by atoms with E-state index in [1.54, 1.807) is 7.11 Å². The van der Waals surface area contributed by atoms with Gasteiger partial charge in [0.15, 0.2) is 5.13 Å². The molecule has 1 saturated heterocycles. The summed E-state index contributed by atoms with van der Waals surface area (Å²) in [6.07, 6.45) is 0. The van der Waals surface area contributed by atoms with E-state index in [4.69, 9.17) is 4.74 Å². The SMILES string of the molecule is COc1ccc(-c2csc(NSC(=O)N3CCN(C)CC3)n2)cc1. The summed E-state index contributed by atoms with van der Waals surface area (Å²) < 4.78 is 8.22. The Hall–Kier alpha value is -1.77. The molecule has 2 aromatic rings. The Morgan fingerprint density at radius 3 is 2.62 bits per heavy atom. The number of carbonyl (C=O) groups is 1. The van der Waals surface area contributed by atoms with Gasteiger partial charge in [-0.2, -0.15) is 0 Å². The molecule has 0 bridgehead atoms. The van der Waals surface area contributed by atoms with Crippen LogP contribution in [-0.2, 0) is 0 Å². The van der Waals surface area contributed by atoms with Gasteiger partial charge in [-0.1, -0.05) is 0 Å². The maximum absolute atomic E-state index is 12.2. The zero-order valence-corrected chi connectivity index (χ0v) is 15.3. The van der Waals surface area contributed by atoms with Crippen LogP contribution in [0.15, 0.2) is 29.6 Å². The summed E-state index contributed by atoms with van der Waals surface area (Å²) in [5.74, 6) is 0.820. The topological polar surface area (TPSA) is 57.7 Å². The Bertz CT molecular complexity index is 682. The molecule has 0 aliphatic carbocycles. The van der Waals surface area contributed by atoms with Crippen molar-refractivity contribution in [3.8, 4) is 17.0 Å². The highest BCUT2D eigenvalue weighted by Gasteiger charge is 2.19. The molecule has 1 aromatic heterocycles. The molecule has 1 aliphatic rings. The summed E-state index contributed by atoms with van der Waals surface area (Å²) >= 11 is 2.59. The molecular weight excluding hydrogens is 344 g/mol. The average Bonchev–Trinajstić information content (AvgIpc) is 3.09. The highest BCUT2D eigenvalue weighted by Crippen LogP contribution is 2.28. The molecule has 8 heteroatoms. The number of hydrogen-bond donors (Lipinski definition) is 1. The lowest BCUT2D eigenvalue weighted by Gasteiger charge is -2.31. The van der Waals surface area contributed by atoms with E-state index in [-0.39, 0.29) is 5.24 Å². The molecule has 1 aliphatic heterocycles. The third kappa shape index (κ3) is 4.19. The van der Waals surface area contributed by atoms with Crippen LogP contribution in [-0.4, -0.2) is 60.4 Å². The van der Waals surface area contributed by atoms with Crippen LogP contribution in [0.1, 0.15) is 0 Å². The standard InChI is InChI=1S/C16H20N4O2S2/c1-19-7-9-20(10-8-19)16(21)24-18-15-17-14(11-23-15)12-3-5-13(22-2)6-4-12/h3-6,11H,7-10H2,1-2H3,(H,17,18). The van der Waals surface area contributed by atoms with Crippen molar-refractivity contribution in [2.75, 3.05) is 45.1 Å². The predicted molar refractivity (Wildman–Crippen MR) is 99.8 cm³/mol. The van der Waals surface area contributed by atoms with Crippen LogP contribution in [0.25, 0.3) is 11.3 Å². The van der Waals surface area contributed by atoms with Crippen molar-refractivity contribution in [2.45, 2.75) is 0 Å². The van der Waals surface area contributed by atoms with Gasteiger partial charge >= 0.3 is 5.24 Å². The van der Waals surface area contributed by atoms with Crippen LogP contribution in [0.5, 0.6) is 5.75 Å². The second kappa shape index (κ2) is 7.87. The summed E-state index contributed by atoms with van der Waals surface area (Å²) in [7, 11) is 3.72. The van der Waals surface area contributed by atoms with Gasteiger partial charge in [0.05, 0.1) is 12.8 Å². The fourth-order valence-electron chi connectivity index (χ4n) is 2.36. The molecule has 0 atom stereocenters. The Labute approximate surface area is 150 Å². The minimum Gasteiger partial charge on any atom is -0.497 e. The van der Waals surface area contributed by atoms with Crippen molar-refractivity contribution in [2.24, 2.45) is 0 Å². The maximum Gasteiger partial charge on any atom is 0.302 e. The van der Waals surface area contributed by atoms with E-state index in [1.807, 2.05) is 34.5 Å². The van der Waals surface area contributed by atoms with Gasteiger partial charge in [-0.25, -0.2) is 4.98 Å². The first-order valence-electron chi connectivity index (χ1n) is 7.66. The second-order valence-electron chi connectivity index (χ2n) is 5.53. The maximum atomic E-state index is 12.2. The number of nitrogens with one attached hydrogen (secondary N) is 1. The molecule has 6 nitrogen and oxygen atoms in total. The molecule has 1 amide bonds. The third-order valence-corrected chi connectivity index (χ3v) is 5.49. The molecule has 1 fully saturated rings. The number of anilines is 1. The number of likely N-dealkylation sites (N-methyl/N-ethyl adjacent to an activating group) is 1. The smallest absolute Gasteiger partial charge is 0.302 e. The highest BCUT2D eigenvalue weighted by molar-refractivity contribution is 8.14. The number of methoxy groups -OCH3 is 1. The van der Waals surface area contributed by atoms with Crippen molar-refractivity contribution >= 4 is 33.7 Å². The van der Waals surface area contributed by atoms with Crippen molar-refractivity contribution in [3.63, 3.8) is 0 Å². The molecule has 128 valence electrons. The number of nitrogens with zero attached hydrogens (tertiary/aromatic N) is 3. The van der Waals surface area contributed by atoms with E-state index in [2.05, 4.69) is 21.7 Å². The molecular formula is C16H20N4O2S2. The van der Waals surface area contributed by atoms with Gasteiger partial charge in [0.1, 0.15) is 5.75 Å². The molecule has 3 rings (SSSR count). The molecule has 0 unspecified atom stereocenters. The number of amides is 1. The van der Waals surface area contributed by atoms with Gasteiger partial charge < -0.3 is 14.5 Å². The van der Waals surface area contributed by atoms with E-state index in [0.717, 1.165) is 60.3 Å². The Morgan fingerprint density at radius 2 is 1.96 bits per heavy atom. The fourth-order valence-corrected chi connectivity index (χ4v) is 3.77. The molecule has 1 N–H and O–H groups in total. The van der Waals surface area contributed by atoms with Crippen LogP contribution >= 0.6 is 23.3 Å². The second-order valence-corrected chi connectivity index (χ2v) is 7.14. The van der Waals surface area contributed by atoms with Crippen molar-refractivity contribution in [3.05, 3.63) is 29.6 Å². The van der Waals surface area contributed by atoms with E-state index in [0.29, 0.717) is 0 Å². The number of rotatable bonds is 4. The van der Waals surface area contributed by atoms with Crippen LogP contribution in [0.4, 0.5) is 9.93 Å². The van der Waals surface area contributed by atoms with Gasteiger partial charge in [-0.05, 0) is 31.3 Å². The van der Waals surface area contributed by atoms with E-state index in [9.17, 15) is 4.79 Å². The van der Waals surface area contributed by atoms with Gasteiger partial charge in [-0.15, -0.1) is 11.3 Å². The lowest BCUT2D eigenvalue weighted by atomic mass is 10.2. The van der Waals surface area contributed by atoms with Gasteiger partial charge in [0.25, 0.3) is 0 Å². The molecule has 0 saturated carbocycles.